The molecular formula is C43H63N11O4S2. The monoisotopic (exact) mass is 861 g/mol. The molecule has 1 saturated carbocycles. The highest BCUT2D eigenvalue weighted by Gasteiger charge is 2.41. The summed E-state index contributed by atoms with van der Waals surface area (Å²) in [6, 6.07) is 23.8. The minimum Gasteiger partial charge on any atom is -0.388 e. The summed E-state index contributed by atoms with van der Waals surface area (Å²) in [4.78, 5) is 11.6. The number of piperidine rings is 1. The Morgan fingerprint density at radius 3 is 1.48 bits per heavy atom. The molecule has 3 aliphatic heterocycles. The fraction of sp³-hybridized carbons (Fsp3) is 0.488. The average Bonchev–Trinajstić information content (AvgIpc) is 3.86. The second-order valence-electron chi connectivity index (χ2n) is 15.5. The SMILES string of the molecule is C.CCN=C(NS(=O)(=O)c1ccc(NC)cc1)N1CC2(C=N1)CCCCC2.CCN=C(NS(=O)(=O)c1ccc(NC)cc1)N1CC2(C=N1)CCN(Cc1ccccc1)CC2. The van der Waals surface area contributed by atoms with Crippen LogP contribution >= 0.6 is 0 Å². The lowest BCUT2D eigenvalue weighted by atomic mass is 9.75. The van der Waals surface area contributed by atoms with Gasteiger partial charge < -0.3 is 10.6 Å². The van der Waals surface area contributed by atoms with Crippen molar-refractivity contribution in [1.82, 2.24) is 24.4 Å². The van der Waals surface area contributed by atoms with E-state index in [4.69, 9.17) is 0 Å². The van der Waals surface area contributed by atoms with E-state index in [2.05, 4.69) is 69.4 Å². The van der Waals surface area contributed by atoms with Crippen LogP contribution in [0.15, 0.2) is 109 Å². The number of nitrogens with one attached hydrogen (secondary N) is 4. The topological polar surface area (TPSA) is 176 Å². The quantitative estimate of drug-likeness (QED) is 0.136. The summed E-state index contributed by atoms with van der Waals surface area (Å²) in [5.74, 6) is 0.568. The van der Waals surface area contributed by atoms with E-state index in [1.807, 2.05) is 32.3 Å². The van der Waals surface area contributed by atoms with Crippen molar-refractivity contribution >= 4 is 55.8 Å². The van der Waals surface area contributed by atoms with Crippen molar-refractivity contribution in [2.75, 3.05) is 64.0 Å². The highest BCUT2D eigenvalue weighted by Crippen LogP contribution is 2.38. The van der Waals surface area contributed by atoms with Gasteiger partial charge in [-0.1, -0.05) is 57.0 Å². The maximum Gasteiger partial charge on any atom is 0.264 e. The predicted molar refractivity (Wildman–Crippen MR) is 245 cm³/mol. The maximum absolute atomic E-state index is 13.0. The van der Waals surface area contributed by atoms with Crippen LogP contribution in [0.25, 0.3) is 0 Å². The molecule has 3 aromatic carbocycles. The number of hydrogen-bond donors (Lipinski definition) is 4. The highest BCUT2D eigenvalue weighted by molar-refractivity contribution is 7.90. The van der Waals surface area contributed by atoms with Gasteiger partial charge in [-0.15, -0.1) is 0 Å². The Morgan fingerprint density at radius 1 is 0.633 bits per heavy atom. The van der Waals surface area contributed by atoms with E-state index in [1.54, 1.807) is 72.6 Å². The Hall–Kier alpha value is -5.00. The molecular weight excluding hydrogens is 799 g/mol. The van der Waals surface area contributed by atoms with Crippen LogP contribution in [0.5, 0.6) is 0 Å². The summed E-state index contributed by atoms with van der Waals surface area (Å²) >= 11 is 0. The number of benzene rings is 3. The zero-order chi connectivity index (χ0) is 41.9. The van der Waals surface area contributed by atoms with Gasteiger partial charge in [-0.2, -0.15) is 10.2 Å². The first-order valence-corrected chi connectivity index (χ1v) is 23.5. The Bertz CT molecular complexity index is 2180. The van der Waals surface area contributed by atoms with Crippen molar-refractivity contribution < 1.29 is 16.8 Å². The van der Waals surface area contributed by atoms with E-state index in [1.165, 1.54) is 24.8 Å². The van der Waals surface area contributed by atoms with E-state index in [0.717, 1.165) is 56.7 Å². The van der Waals surface area contributed by atoms with E-state index in [0.29, 0.717) is 32.1 Å². The molecule has 4 aliphatic rings. The van der Waals surface area contributed by atoms with E-state index < -0.39 is 20.0 Å². The van der Waals surface area contributed by atoms with Crippen LogP contribution in [0.2, 0.25) is 0 Å². The molecule has 60 heavy (non-hydrogen) atoms. The van der Waals surface area contributed by atoms with E-state index in [9.17, 15) is 16.8 Å². The molecule has 17 heteroatoms. The molecule has 0 radical (unpaired) electrons. The molecule has 7 rings (SSSR count). The lowest BCUT2D eigenvalue weighted by Gasteiger charge is -2.37. The standard InChI is InChI=1S/C24H32N6O2S.C18H27N5O2S.CH4/c1-3-26-23(28-33(31,32)22-11-9-21(25-2)10-12-22)30-19-24(18-27-30)13-15-29(16-14-24)17-20-7-5-4-6-8-20;1-3-20-17(23-14-18(13-21-23)11-5-4-6-12-18)22-26(24,25)16-9-7-15(19-2)8-10-16;/h4-12,18,25H,3,13-17,19H2,1-2H3,(H,26,28);7-10,13,19H,3-6,11-12,14H2,1-2H3,(H,20,22);1H4. The number of likely N-dealkylation sites (tertiary alicyclic amines) is 1. The van der Waals surface area contributed by atoms with E-state index >= 15 is 0 Å². The molecule has 3 heterocycles. The van der Waals surface area contributed by atoms with E-state index in [-0.39, 0.29) is 34.0 Å². The van der Waals surface area contributed by atoms with Gasteiger partial charge in [0.05, 0.1) is 22.9 Å². The lowest BCUT2D eigenvalue weighted by molar-refractivity contribution is 0.141. The number of aliphatic imine (C=N–C) groups is 2. The third kappa shape index (κ3) is 11.6. The van der Waals surface area contributed by atoms with Crippen molar-refractivity contribution in [3.05, 3.63) is 84.4 Å². The summed E-state index contributed by atoms with van der Waals surface area (Å²) in [7, 11) is -3.89. The fourth-order valence-electron chi connectivity index (χ4n) is 7.82. The van der Waals surface area contributed by atoms with Crippen LogP contribution in [-0.4, -0.2) is 109 Å². The van der Waals surface area contributed by atoms with Gasteiger partial charge in [-0.3, -0.25) is 14.9 Å². The molecule has 4 N–H and O–H groups in total. The zero-order valence-electron chi connectivity index (χ0n) is 34.6. The summed E-state index contributed by atoms with van der Waals surface area (Å²) in [5.41, 5.74) is 3.04. The first-order valence-electron chi connectivity index (χ1n) is 20.5. The zero-order valence-corrected chi connectivity index (χ0v) is 36.3. The van der Waals surface area contributed by atoms with Crippen molar-refractivity contribution in [2.24, 2.45) is 31.0 Å². The van der Waals surface area contributed by atoms with Crippen molar-refractivity contribution in [1.29, 1.82) is 0 Å². The lowest BCUT2D eigenvalue weighted by Crippen LogP contribution is -2.46. The second kappa shape index (κ2) is 20.5. The number of nitrogens with zero attached hydrogens (tertiary/aromatic N) is 7. The Kier molecular flexibility index (Phi) is 15.7. The third-order valence-corrected chi connectivity index (χ3v) is 14.0. The molecule has 0 amide bonds. The smallest absolute Gasteiger partial charge is 0.264 e. The molecule has 15 nitrogen and oxygen atoms in total. The molecule has 3 aromatic rings. The Balaban J connectivity index is 0.000000230. The Morgan fingerprint density at radius 2 is 1.07 bits per heavy atom. The molecule has 0 atom stereocenters. The van der Waals surface area contributed by atoms with Gasteiger partial charge >= 0.3 is 0 Å². The number of anilines is 2. The van der Waals surface area contributed by atoms with Crippen molar-refractivity contribution in [3.8, 4) is 0 Å². The van der Waals surface area contributed by atoms with Crippen LogP contribution < -0.4 is 20.1 Å². The summed E-state index contributed by atoms with van der Waals surface area (Å²) in [6.45, 7) is 8.94. The number of guanidine groups is 2. The summed E-state index contributed by atoms with van der Waals surface area (Å²) < 4.78 is 56.7. The molecule has 0 aromatic heterocycles. The largest absolute Gasteiger partial charge is 0.388 e. The van der Waals surface area contributed by atoms with Gasteiger partial charge in [0.25, 0.3) is 20.0 Å². The van der Waals surface area contributed by atoms with Crippen molar-refractivity contribution in [2.45, 2.75) is 82.6 Å². The van der Waals surface area contributed by atoms with Gasteiger partial charge in [-0.25, -0.2) is 36.3 Å². The molecule has 1 saturated heterocycles. The summed E-state index contributed by atoms with van der Waals surface area (Å²) in [6.07, 6.45) is 11.8. The minimum atomic E-state index is -3.76. The number of sulfonamides is 2. The van der Waals surface area contributed by atoms with Gasteiger partial charge in [0, 0.05) is 68.4 Å². The number of hydrogen-bond acceptors (Lipinski definition) is 11. The van der Waals surface area contributed by atoms with Gasteiger partial charge in [0.1, 0.15) is 0 Å². The molecule has 0 unspecified atom stereocenters. The number of rotatable bonds is 10. The van der Waals surface area contributed by atoms with Crippen LogP contribution in [0.3, 0.4) is 0 Å². The predicted octanol–water partition coefficient (Wildman–Crippen LogP) is 6.24. The van der Waals surface area contributed by atoms with Gasteiger partial charge in [0.2, 0.25) is 11.9 Å². The molecule has 2 fully saturated rings. The summed E-state index contributed by atoms with van der Waals surface area (Å²) in [5, 5.41) is 18.4. The first kappa shape index (κ1) is 46.1. The Labute approximate surface area is 357 Å². The molecule has 326 valence electrons. The second-order valence-corrected chi connectivity index (χ2v) is 18.9. The molecule has 0 bridgehead atoms. The van der Waals surface area contributed by atoms with Crippen LogP contribution in [-0.2, 0) is 26.6 Å². The number of hydrazone groups is 2. The molecule has 1 aliphatic carbocycles. The van der Waals surface area contributed by atoms with Crippen molar-refractivity contribution in [3.63, 3.8) is 0 Å². The molecule has 2 spiro atoms. The van der Waals surface area contributed by atoms with Gasteiger partial charge in [0.15, 0.2) is 0 Å². The van der Waals surface area contributed by atoms with Crippen LogP contribution in [0.1, 0.15) is 71.8 Å². The first-order chi connectivity index (χ1) is 28.4. The normalized spacial score (nSPS) is 18.8. The third-order valence-electron chi connectivity index (χ3n) is 11.3. The minimum absolute atomic E-state index is 0. The van der Waals surface area contributed by atoms with Crippen LogP contribution in [0, 0.1) is 10.8 Å². The highest BCUT2D eigenvalue weighted by atomic mass is 32.2. The fourth-order valence-corrected chi connectivity index (χ4v) is 9.87. The average molecular weight is 862 g/mol. The van der Waals surface area contributed by atoms with Gasteiger partial charge in [-0.05, 0) is 107 Å². The van der Waals surface area contributed by atoms with Crippen LogP contribution in [0.4, 0.5) is 11.4 Å². The maximum atomic E-state index is 13.0.